The summed E-state index contributed by atoms with van der Waals surface area (Å²) in [6, 6.07) is -0.893. The van der Waals surface area contributed by atoms with Crippen molar-refractivity contribution in [3.63, 3.8) is 0 Å². The zero-order valence-electron chi connectivity index (χ0n) is 11.9. The van der Waals surface area contributed by atoms with E-state index < -0.39 is 12.0 Å². The summed E-state index contributed by atoms with van der Waals surface area (Å²) in [5.74, 6) is -1.07. The van der Waals surface area contributed by atoms with Crippen molar-refractivity contribution in [1.29, 1.82) is 0 Å². The average molecular weight is 272 g/mol. The number of aliphatic carboxylic acids is 1. The molecule has 1 fully saturated rings. The number of amides is 2. The Balaban J connectivity index is 2.60. The summed E-state index contributed by atoms with van der Waals surface area (Å²) in [7, 11) is 1.59. The highest BCUT2D eigenvalue weighted by molar-refractivity contribution is 5.83. The normalized spacial score (nSPS) is 17.6. The lowest BCUT2D eigenvalue weighted by atomic mass is 9.99. The molecule has 2 unspecified atom stereocenters. The van der Waals surface area contributed by atoms with Crippen molar-refractivity contribution in [3.8, 4) is 0 Å². The van der Waals surface area contributed by atoms with Gasteiger partial charge in [-0.25, -0.2) is 9.59 Å². The summed E-state index contributed by atoms with van der Waals surface area (Å²) in [4.78, 5) is 25.0. The molecule has 0 heterocycles. The second-order valence-corrected chi connectivity index (χ2v) is 5.07. The zero-order valence-corrected chi connectivity index (χ0v) is 11.9. The smallest absolute Gasteiger partial charge is 0.326 e. The van der Waals surface area contributed by atoms with Gasteiger partial charge in [0.15, 0.2) is 0 Å². The molecule has 0 radical (unpaired) electrons. The first kappa shape index (κ1) is 15.8. The number of carboxylic acids is 1. The lowest BCUT2D eigenvalue weighted by Crippen LogP contribution is -2.51. The van der Waals surface area contributed by atoms with E-state index in [-0.39, 0.29) is 18.0 Å². The van der Waals surface area contributed by atoms with Gasteiger partial charge in [0.2, 0.25) is 0 Å². The van der Waals surface area contributed by atoms with Crippen molar-refractivity contribution in [2.45, 2.75) is 45.2 Å². The molecule has 2 amide bonds. The van der Waals surface area contributed by atoms with Gasteiger partial charge in [0.1, 0.15) is 6.04 Å². The Morgan fingerprint density at radius 1 is 1.47 bits per heavy atom. The van der Waals surface area contributed by atoms with Crippen LogP contribution >= 0.6 is 0 Å². The number of hydrogen-bond acceptors (Lipinski definition) is 3. The average Bonchev–Trinajstić information content (AvgIpc) is 3.19. The zero-order chi connectivity index (χ0) is 14.4. The van der Waals surface area contributed by atoms with Crippen molar-refractivity contribution >= 4 is 12.0 Å². The first-order valence-electron chi connectivity index (χ1n) is 6.80. The SMILES string of the molecule is CCC(C)C(NC(=O)N(CCOC)C1CC1)C(=O)O. The molecule has 0 bridgehead atoms. The molecule has 1 rings (SSSR count). The maximum absolute atomic E-state index is 12.2. The fraction of sp³-hybridized carbons (Fsp3) is 0.846. The summed E-state index contributed by atoms with van der Waals surface area (Å²) < 4.78 is 4.98. The Labute approximate surface area is 114 Å². The highest BCUT2D eigenvalue weighted by atomic mass is 16.5. The van der Waals surface area contributed by atoms with Gasteiger partial charge in [-0.2, -0.15) is 0 Å². The van der Waals surface area contributed by atoms with Gasteiger partial charge in [0.25, 0.3) is 0 Å². The molecule has 1 aliphatic carbocycles. The number of carbonyl (C=O) groups is 2. The lowest BCUT2D eigenvalue weighted by molar-refractivity contribution is -0.140. The third-order valence-corrected chi connectivity index (χ3v) is 3.54. The minimum Gasteiger partial charge on any atom is -0.480 e. The summed E-state index contributed by atoms with van der Waals surface area (Å²) in [6.45, 7) is 4.71. The van der Waals surface area contributed by atoms with E-state index in [4.69, 9.17) is 4.74 Å². The monoisotopic (exact) mass is 272 g/mol. The van der Waals surface area contributed by atoms with E-state index in [9.17, 15) is 14.7 Å². The first-order chi connectivity index (χ1) is 9.01. The minimum atomic E-state index is -0.981. The predicted octanol–water partition coefficient (Wildman–Crippen LogP) is 1.31. The van der Waals surface area contributed by atoms with Gasteiger partial charge in [0.05, 0.1) is 6.61 Å². The Hall–Kier alpha value is -1.30. The molecule has 0 aromatic carbocycles. The van der Waals surface area contributed by atoms with Crippen LogP contribution < -0.4 is 5.32 Å². The van der Waals surface area contributed by atoms with Crippen LogP contribution in [0.3, 0.4) is 0 Å². The lowest BCUT2D eigenvalue weighted by Gasteiger charge is -2.27. The van der Waals surface area contributed by atoms with Crippen molar-refractivity contribution < 1.29 is 19.4 Å². The molecule has 19 heavy (non-hydrogen) atoms. The fourth-order valence-corrected chi connectivity index (χ4v) is 1.92. The topological polar surface area (TPSA) is 78.9 Å². The molecule has 2 atom stereocenters. The second kappa shape index (κ2) is 7.33. The van der Waals surface area contributed by atoms with Crippen molar-refractivity contribution in [2.75, 3.05) is 20.3 Å². The van der Waals surface area contributed by atoms with E-state index >= 15 is 0 Å². The van der Waals surface area contributed by atoms with E-state index in [0.717, 1.165) is 12.8 Å². The first-order valence-corrected chi connectivity index (χ1v) is 6.80. The molecule has 1 aliphatic rings. The molecule has 0 aromatic rings. The Kier molecular flexibility index (Phi) is 6.08. The number of urea groups is 1. The Morgan fingerprint density at radius 2 is 2.11 bits per heavy atom. The van der Waals surface area contributed by atoms with Crippen LogP contribution in [-0.4, -0.2) is 54.4 Å². The van der Waals surface area contributed by atoms with Gasteiger partial charge >= 0.3 is 12.0 Å². The molecular weight excluding hydrogens is 248 g/mol. The van der Waals surface area contributed by atoms with Gasteiger partial charge in [-0.1, -0.05) is 20.3 Å². The van der Waals surface area contributed by atoms with Crippen LogP contribution in [0.1, 0.15) is 33.1 Å². The highest BCUT2D eigenvalue weighted by Crippen LogP contribution is 2.26. The Bertz CT molecular complexity index is 318. The van der Waals surface area contributed by atoms with Crippen LogP contribution in [-0.2, 0) is 9.53 Å². The summed E-state index contributed by atoms with van der Waals surface area (Å²) in [6.07, 6.45) is 2.68. The summed E-state index contributed by atoms with van der Waals surface area (Å²) >= 11 is 0. The molecule has 0 aromatic heterocycles. The van der Waals surface area contributed by atoms with Gasteiger partial charge in [0, 0.05) is 19.7 Å². The van der Waals surface area contributed by atoms with Crippen LogP contribution in [0, 0.1) is 5.92 Å². The van der Waals surface area contributed by atoms with Crippen LogP contribution in [0.4, 0.5) is 4.79 Å². The Morgan fingerprint density at radius 3 is 2.53 bits per heavy atom. The van der Waals surface area contributed by atoms with E-state index in [1.54, 1.807) is 12.0 Å². The largest absolute Gasteiger partial charge is 0.480 e. The van der Waals surface area contributed by atoms with E-state index in [0.29, 0.717) is 19.6 Å². The second-order valence-electron chi connectivity index (χ2n) is 5.07. The number of rotatable bonds is 8. The maximum atomic E-state index is 12.2. The van der Waals surface area contributed by atoms with Crippen LogP contribution in [0.15, 0.2) is 0 Å². The van der Waals surface area contributed by atoms with Crippen molar-refractivity contribution in [3.05, 3.63) is 0 Å². The van der Waals surface area contributed by atoms with Crippen LogP contribution in [0.5, 0.6) is 0 Å². The maximum Gasteiger partial charge on any atom is 0.326 e. The molecule has 2 N–H and O–H groups in total. The molecule has 1 saturated carbocycles. The number of nitrogens with one attached hydrogen (secondary N) is 1. The van der Waals surface area contributed by atoms with Gasteiger partial charge in [-0.3, -0.25) is 0 Å². The fourth-order valence-electron chi connectivity index (χ4n) is 1.92. The third kappa shape index (κ3) is 4.70. The van der Waals surface area contributed by atoms with Gasteiger partial charge in [-0.15, -0.1) is 0 Å². The number of ether oxygens (including phenoxy) is 1. The molecule has 0 saturated heterocycles. The third-order valence-electron chi connectivity index (χ3n) is 3.54. The molecule has 6 heteroatoms. The number of carbonyl (C=O) groups excluding carboxylic acids is 1. The van der Waals surface area contributed by atoms with Gasteiger partial charge < -0.3 is 20.1 Å². The number of methoxy groups -OCH3 is 1. The number of nitrogens with zero attached hydrogens (tertiary/aromatic N) is 1. The van der Waals surface area contributed by atoms with Crippen molar-refractivity contribution in [2.24, 2.45) is 5.92 Å². The highest BCUT2D eigenvalue weighted by Gasteiger charge is 2.35. The molecule has 0 spiro atoms. The van der Waals surface area contributed by atoms with Gasteiger partial charge in [-0.05, 0) is 18.8 Å². The number of carboxylic acid groups (broad SMARTS) is 1. The molecular formula is C13H24N2O4. The van der Waals surface area contributed by atoms with E-state index in [1.807, 2.05) is 13.8 Å². The summed E-state index contributed by atoms with van der Waals surface area (Å²) in [5.41, 5.74) is 0. The van der Waals surface area contributed by atoms with E-state index in [1.165, 1.54) is 0 Å². The summed E-state index contributed by atoms with van der Waals surface area (Å²) in [5, 5.41) is 11.8. The quantitative estimate of drug-likeness (QED) is 0.698. The number of hydrogen-bond donors (Lipinski definition) is 2. The van der Waals surface area contributed by atoms with Crippen LogP contribution in [0.25, 0.3) is 0 Å². The van der Waals surface area contributed by atoms with E-state index in [2.05, 4.69) is 5.32 Å². The predicted molar refractivity (Wildman–Crippen MR) is 71.0 cm³/mol. The molecule has 6 nitrogen and oxygen atoms in total. The standard InChI is InChI=1S/C13H24N2O4/c1-4-9(2)11(12(16)17)14-13(18)15(7-8-19-3)10-5-6-10/h9-11H,4-8H2,1-3H3,(H,14,18)(H,16,17). The minimum absolute atomic E-state index is 0.0927. The van der Waals surface area contributed by atoms with Crippen LogP contribution in [0.2, 0.25) is 0 Å². The molecule has 110 valence electrons. The molecule has 0 aliphatic heterocycles. The van der Waals surface area contributed by atoms with Crippen molar-refractivity contribution in [1.82, 2.24) is 10.2 Å².